The van der Waals surface area contributed by atoms with Gasteiger partial charge in [0.1, 0.15) is 141 Å². The van der Waals surface area contributed by atoms with Gasteiger partial charge in [0.25, 0.3) is 0 Å². The molecule has 0 aromatic heterocycles. The minimum Gasteiger partial charge on any atom is -0.445 e. The third kappa shape index (κ3) is 16.9. The number of unbranched alkanes of at least 4 members (excludes halogenated alkanes) is 2. The highest BCUT2D eigenvalue weighted by Crippen LogP contribution is 2.37. The summed E-state index contributed by atoms with van der Waals surface area (Å²) in [4.78, 5) is 14.8. The Morgan fingerprint density at radius 1 is 0.389 bits per heavy atom. The highest BCUT2D eigenvalue weighted by molar-refractivity contribution is 5.67. The van der Waals surface area contributed by atoms with E-state index in [1.165, 1.54) is 0 Å². The second-order valence-corrected chi connectivity index (χ2v) is 22.8. The van der Waals surface area contributed by atoms with Crippen LogP contribution in [0.4, 0.5) is 4.79 Å². The summed E-state index contributed by atoms with van der Waals surface area (Å²) in [5.41, 5.74) is 14.4. The molecule has 30 atom stereocenters. The molecule has 6 saturated heterocycles. The fourth-order valence-corrected chi connectivity index (χ4v) is 11.4. The smallest absolute Gasteiger partial charge is 0.410 e. The van der Waals surface area contributed by atoms with E-state index in [1.807, 2.05) is 60.7 Å². The Morgan fingerprint density at radius 3 is 1.22 bits per heavy atom. The van der Waals surface area contributed by atoms with E-state index >= 15 is 0 Å². The predicted molar refractivity (Wildman–Crippen MR) is 294 cm³/mol. The Balaban J connectivity index is 0.844. The summed E-state index contributed by atoms with van der Waals surface area (Å²) in [6, 6.07) is 15.3. The zero-order chi connectivity index (χ0) is 65.1. The maximum atomic E-state index is 13.2. The zero-order valence-corrected chi connectivity index (χ0v) is 48.7. The number of ether oxygens (including phenoxy) is 13. The van der Waals surface area contributed by atoms with Gasteiger partial charge in [-0.2, -0.15) is 0 Å². The average Bonchev–Trinajstić information content (AvgIpc) is 1.11. The molecule has 2 aromatic rings. The largest absolute Gasteiger partial charge is 0.445 e. The molecule has 2 aromatic carbocycles. The quantitative estimate of drug-likeness (QED) is 0.0369. The molecule has 6 fully saturated rings. The van der Waals surface area contributed by atoms with Crippen molar-refractivity contribution in [3.05, 3.63) is 71.8 Å². The summed E-state index contributed by atoms with van der Waals surface area (Å²) >= 11 is 0. The molecule has 0 spiro atoms. The van der Waals surface area contributed by atoms with Gasteiger partial charge in [-0.15, -0.1) is 0 Å². The molecule has 1 amide bonds. The number of nitrogens with two attached hydrogens (primary N) is 2. The standard InChI is InChI=1S/C56H87N3O31/c57-32-37(69)45(86-53-41(73)39(71)34(66)26(17-60)80-53)29(20-63)83-50(32)89-48-35(67)27(18-61)81-54(43(48)75)87-46-30(21-64)84-51(33(58)38(46)70)90-49-36(68)28(19-62)82-55(44(49)76)88-47-31(22-65)85-52(42(74)40(47)72)78-15-9-3-8-14-59(16-24-10-4-1-5-11-24)56(77)79-23-25-12-6-2-7-13-25/h1-2,4-7,10-13,26-55,60-76H,3,8-9,14-23,57-58H2/t26-,27-,28-,29-,30-,31-,32-,33-,34+,35+,36+,37-,38-,39+,40-,41-,42-,43-,44-,45-,46-,47-,48+,49+,50+,51+,52-,53+,54+,55+/m1/s1. The number of amides is 1. The van der Waals surface area contributed by atoms with E-state index in [-0.39, 0.29) is 13.2 Å². The SMILES string of the molecule is N[C@H]1[C@H](O[C@H]2[C@@H](O)[C@@H](CO)O[C@@H](O[C@H]3[C@H](O)[C@@H](N)[C@H](O[C@H]4[C@@H](O)[C@@H](CO)O[C@@H](O[C@H]5[C@H](O)[C@@H](O)[C@H](OCCCCCN(Cc6ccccc6)C(=O)OCc6ccccc6)O[C@@H]5CO)[C@@H]4O)O[C@@H]3CO)[C@@H]2O)O[C@H](CO)[C@@H](O[C@@H]2O[C@H](CO)[C@H](O)[C@H](O)[C@H]2O)[C@@H]1O. The van der Waals surface area contributed by atoms with Gasteiger partial charge in [-0.25, -0.2) is 4.79 Å². The second-order valence-electron chi connectivity index (χ2n) is 22.8. The normalized spacial score (nSPS) is 42.6. The van der Waals surface area contributed by atoms with Gasteiger partial charge < -0.3 is 165 Å². The molecule has 21 N–H and O–H groups in total. The lowest BCUT2D eigenvalue weighted by Gasteiger charge is -2.50. The van der Waals surface area contributed by atoms with Gasteiger partial charge in [0.05, 0.1) is 51.7 Å². The molecule has 0 unspecified atom stereocenters. The first-order valence-corrected chi connectivity index (χ1v) is 29.6. The van der Waals surface area contributed by atoms with Crippen molar-refractivity contribution in [2.24, 2.45) is 11.5 Å². The lowest BCUT2D eigenvalue weighted by molar-refractivity contribution is -0.386. The van der Waals surface area contributed by atoms with Crippen molar-refractivity contribution < 1.29 is 153 Å². The van der Waals surface area contributed by atoms with Crippen LogP contribution in [0.5, 0.6) is 0 Å². The number of aliphatic hydroxyl groups is 17. The molecule has 90 heavy (non-hydrogen) atoms. The highest BCUT2D eigenvalue weighted by atomic mass is 16.8. The van der Waals surface area contributed by atoms with Crippen LogP contribution in [-0.2, 0) is 74.7 Å². The van der Waals surface area contributed by atoms with E-state index in [0.29, 0.717) is 32.4 Å². The number of benzene rings is 2. The van der Waals surface area contributed by atoms with E-state index in [1.54, 1.807) is 4.90 Å². The number of aliphatic hydroxyl groups excluding tert-OH is 17. The molecular weight excluding hydrogens is 1210 g/mol. The lowest BCUT2D eigenvalue weighted by Crippen LogP contribution is -2.70. The average molecular weight is 1300 g/mol. The first-order valence-electron chi connectivity index (χ1n) is 29.6. The van der Waals surface area contributed by atoms with Crippen molar-refractivity contribution in [3.8, 4) is 0 Å². The summed E-state index contributed by atoms with van der Waals surface area (Å²) < 4.78 is 74.8. The summed E-state index contributed by atoms with van der Waals surface area (Å²) in [6.45, 7) is -4.72. The number of nitrogens with zero attached hydrogens (tertiary/aromatic N) is 1. The lowest BCUT2D eigenvalue weighted by atomic mass is 9.94. The molecule has 0 radical (unpaired) electrons. The molecule has 8 rings (SSSR count). The van der Waals surface area contributed by atoms with Gasteiger partial charge in [-0.3, -0.25) is 0 Å². The van der Waals surface area contributed by atoms with Crippen molar-refractivity contribution in [1.82, 2.24) is 4.90 Å². The Morgan fingerprint density at radius 2 is 0.767 bits per heavy atom. The maximum Gasteiger partial charge on any atom is 0.410 e. The number of carbonyl (C=O) groups is 1. The van der Waals surface area contributed by atoms with Crippen molar-refractivity contribution in [2.75, 3.05) is 52.8 Å². The van der Waals surface area contributed by atoms with Crippen LogP contribution < -0.4 is 11.5 Å². The number of hydrogen-bond donors (Lipinski definition) is 19. The second kappa shape index (κ2) is 33.7. The minimum atomic E-state index is -2.11. The Kier molecular flexibility index (Phi) is 27.1. The van der Waals surface area contributed by atoms with Crippen LogP contribution in [0.15, 0.2) is 60.7 Å². The molecule has 0 aliphatic carbocycles. The maximum absolute atomic E-state index is 13.2. The number of hydrogen-bond acceptors (Lipinski definition) is 33. The highest BCUT2D eigenvalue weighted by Gasteiger charge is 2.57. The van der Waals surface area contributed by atoms with E-state index < -0.39 is 230 Å². The molecule has 512 valence electrons. The summed E-state index contributed by atoms with van der Waals surface area (Å²) in [5.74, 6) is 0. The fourth-order valence-electron chi connectivity index (χ4n) is 11.4. The van der Waals surface area contributed by atoms with E-state index in [2.05, 4.69) is 0 Å². The molecular formula is C56H87N3O31. The molecule has 6 aliphatic rings. The van der Waals surface area contributed by atoms with Crippen LogP contribution in [0.3, 0.4) is 0 Å². The van der Waals surface area contributed by atoms with E-state index in [4.69, 9.17) is 73.0 Å². The third-order valence-electron chi connectivity index (χ3n) is 16.6. The van der Waals surface area contributed by atoms with Crippen LogP contribution in [0.1, 0.15) is 30.4 Å². The molecule has 6 heterocycles. The molecule has 0 bridgehead atoms. The summed E-state index contributed by atoms with van der Waals surface area (Å²) in [7, 11) is 0. The van der Waals surface area contributed by atoms with Crippen LogP contribution in [0.25, 0.3) is 0 Å². The fraction of sp³-hybridized carbons (Fsp3) is 0.768. The predicted octanol–water partition coefficient (Wildman–Crippen LogP) is -9.13. The van der Waals surface area contributed by atoms with Gasteiger partial charge in [-0.05, 0) is 30.4 Å². The molecule has 0 saturated carbocycles. The Labute approximate surface area is 515 Å². The van der Waals surface area contributed by atoms with Crippen molar-refractivity contribution in [3.63, 3.8) is 0 Å². The minimum absolute atomic E-state index is 0.00633. The van der Waals surface area contributed by atoms with Gasteiger partial charge in [0.2, 0.25) is 0 Å². The molecule has 34 heteroatoms. The Bertz CT molecular complexity index is 2420. The van der Waals surface area contributed by atoms with Gasteiger partial charge in [0, 0.05) is 19.7 Å². The Hall–Kier alpha value is -3.53. The van der Waals surface area contributed by atoms with Crippen LogP contribution in [0.2, 0.25) is 0 Å². The number of rotatable bonds is 27. The van der Waals surface area contributed by atoms with Gasteiger partial charge in [0.15, 0.2) is 37.7 Å². The van der Waals surface area contributed by atoms with Gasteiger partial charge >= 0.3 is 6.09 Å². The van der Waals surface area contributed by atoms with Crippen molar-refractivity contribution >= 4 is 6.09 Å². The van der Waals surface area contributed by atoms with Gasteiger partial charge in [-0.1, -0.05) is 60.7 Å². The van der Waals surface area contributed by atoms with E-state index in [0.717, 1.165) is 11.1 Å². The third-order valence-corrected chi connectivity index (χ3v) is 16.6. The van der Waals surface area contributed by atoms with E-state index in [9.17, 15) is 91.6 Å². The van der Waals surface area contributed by atoms with Crippen LogP contribution in [0, 0.1) is 0 Å². The summed E-state index contributed by atoms with van der Waals surface area (Å²) in [6.07, 6.45) is -49.2. The van der Waals surface area contributed by atoms with Crippen molar-refractivity contribution in [2.45, 2.75) is 217 Å². The van der Waals surface area contributed by atoms with Crippen LogP contribution in [-0.4, -0.2) is 335 Å². The number of carbonyl (C=O) groups excluding carboxylic acids is 1. The van der Waals surface area contributed by atoms with Crippen molar-refractivity contribution in [1.29, 1.82) is 0 Å². The summed E-state index contributed by atoms with van der Waals surface area (Å²) in [5, 5.41) is 184. The molecule has 34 nitrogen and oxygen atoms in total. The first kappa shape index (κ1) is 72.3. The first-order chi connectivity index (χ1) is 43.2. The van der Waals surface area contributed by atoms with Crippen LogP contribution >= 0.6 is 0 Å². The molecule has 6 aliphatic heterocycles. The topological polar surface area (TPSA) is 536 Å². The zero-order valence-electron chi connectivity index (χ0n) is 48.7. The monoisotopic (exact) mass is 1300 g/mol.